The first kappa shape index (κ1) is 26.6. The SMILES string of the molecule is CC(=O)OCC1OC(Oc2ccccc2OC(C)=O)C(OC(C)=O)C(OC(C)=O)C1OC(C)=O. The Balaban J connectivity index is 2.50. The third-order valence-corrected chi connectivity index (χ3v) is 4.29. The molecule has 34 heavy (non-hydrogen) atoms. The molecular formula is C22H26O12. The number of carbonyl (C=O) groups is 5. The molecule has 5 atom stereocenters. The molecule has 0 amide bonds. The van der Waals surface area contributed by atoms with E-state index in [1.54, 1.807) is 12.1 Å². The zero-order valence-electron chi connectivity index (χ0n) is 19.3. The molecule has 1 heterocycles. The van der Waals surface area contributed by atoms with Gasteiger partial charge in [-0.3, -0.25) is 24.0 Å². The number of ether oxygens (including phenoxy) is 7. The lowest BCUT2D eigenvalue weighted by Gasteiger charge is -2.43. The van der Waals surface area contributed by atoms with E-state index in [2.05, 4.69) is 0 Å². The number of para-hydroxylation sites is 2. The van der Waals surface area contributed by atoms with Crippen LogP contribution < -0.4 is 9.47 Å². The van der Waals surface area contributed by atoms with Gasteiger partial charge in [-0.05, 0) is 12.1 Å². The van der Waals surface area contributed by atoms with Crippen molar-refractivity contribution in [2.75, 3.05) is 6.61 Å². The van der Waals surface area contributed by atoms with Gasteiger partial charge in [-0.15, -0.1) is 0 Å². The van der Waals surface area contributed by atoms with Gasteiger partial charge in [0.2, 0.25) is 12.4 Å². The van der Waals surface area contributed by atoms with Gasteiger partial charge in [0.15, 0.2) is 23.7 Å². The number of benzene rings is 1. The van der Waals surface area contributed by atoms with E-state index < -0.39 is 67.2 Å². The predicted molar refractivity (Wildman–Crippen MR) is 110 cm³/mol. The summed E-state index contributed by atoms with van der Waals surface area (Å²) >= 11 is 0. The standard InChI is InChI=1S/C22H26O12/c1-11(23)28-10-18-19(30-13(3)25)20(31-14(4)26)21(32-15(5)27)22(34-18)33-17-9-7-6-8-16(17)29-12(2)24/h6-9,18-22H,10H2,1-5H3. The highest BCUT2D eigenvalue weighted by atomic mass is 16.7. The van der Waals surface area contributed by atoms with Crippen LogP contribution in [-0.4, -0.2) is 67.2 Å². The van der Waals surface area contributed by atoms with Crippen molar-refractivity contribution in [2.45, 2.75) is 65.3 Å². The fourth-order valence-electron chi connectivity index (χ4n) is 3.20. The van der Waals surface area contributed by atoms with Crippen LogP contribution in [0.3, 0.4) is 0 Å². The van der Waals surface area contributed by atoms with Gasteiger partial charge in [0.1, 0.15) is 12.7 Å². The van der Waals surface area contributed by atoms with Crippen molar-refractivity contribution < 1.29 is 57.1 Å². The quantitative estimate of drug-likeness (QED) is 0.296. The van der Waals surface area contributed by atoms with Crippen molar-refractivity contribution in [3.05, 3.63) is 24.3 Å². The van der Waals surface area contributed by atoms with Crippen LogP contribution in [-0.2, 0) is 47.7 Å². The van der Waals surface area contributed by atoms with Crippen LogP contribution in [0.25, 0.3) is 0 Å². The molecule has 1 aromatic rings. The largest absolute Gasteiger partial charge is 0.463 e. The van der Waals surface area contributed by atoms with Crippen LogP contribution >= 0.6 is 0 Å². The molecule has 186 valence electrons. The second-order valence-electron chi connectivity index (χ2n) is 7.23. The van der Waals surface area contributed by atoms with Crippen molar-refractivity contribution in [1.82, 2.24) is 0 Å². The predicted octanol–water partition coefficient (Wildman–Crippen LogP) is 1.07. The fourth-order valence-corrected chi connectivity index (χ4v) is 3.20. The third kappa shape index (κ3) is 7.73. The molecule has 1 aromatic carbocycles. The van der Waals surface area contributed by atoms with Gasteiger partial charge in [0.05, 0.1) is 0 Å². The van der Waals surface area contributed by atoms with E-state index in [-0.39, 0.29) is 11.5 Å². The van der Waals surface area contributed by atoms with Crippen LogP contribution in [0.1, 0.15) is 34.6 Å². The molecule has 0 bridgehead atoms. The summed E-state index contributed by atoms with van der Waals surface area (Å²) in [7, 11) is 0. The fraction of sp³-hybridized carbons (Fsp3) is 0.500. The average Bonchev–Trinajstić information content (AvgIpc) is 2.71. The van der Waals surface area contributed by atoms with Crippen LogP contribution in [0.5, 0.6) is 11.5 Å². The number of carbonyl (C=O) groups excluding carboxylic acids is 5. The topological polar surface area (TPSA) is 150 Å². The van der Waals surface area contributed by atoms with Gasteiger partial charge in [-0.2, -0.15) is 0 Å². The average molecular weight is 482 g/mol. The van der Waals surface area contributed by atoms with E-state index in [1.165, 1.54) is 19.1 Å². The highest BCUT2D eigenvalue weighted by molar-refractivity contribution is 5.70. The first-order valence-electron chi connectivity index (χ1n) is 10.2. The Bertz CT molecular complexity index is 926. The molecule has 0 spiro atoms. The van der Waals surface area contributed by atoms with Crippen LogP contribution in [0.2, 0.25) is 0 Å². The monoisotopic (exact) mass is 482 g/mol. The van der Waals surface area contributed by atoms with Crippen LogP contribution in [0, 0.1) is 0 Å². The third-order valence-electron chi connectivity index (χ3n) is 4.29. The lowest BCUT2D eigenvalue weighted by Crippen LogP contribution is -2.63. The maximum atomic E-state index is 11.9. The Labute approximate surface area is 195 Å². The van der Waals surface area contributed by atoms with Crippen molar-refractivity contribution >= 4 is 29.8 Å². The molecule has 12 heteroatoms. The summed E-state index contributed by atoms with van der Waals surface area (Å²) < 4.78 is 37.8. The Morgan fingerprint density at radius 1 is 0.706 bits per heavy atom. The van der Waals surface area contributed by atoms with E-state index in [1.807, 2.05) is 0 Å². The Hall–Kier alpha value is -3.67. The highest BCUT2D eigenvalue weighted by Gasteiger charge is 2.53. The molecule has 0 radical (unpaired) electrons. The number of esters is 5. The van der Waals surface area contributed by atoms with Gasteiger partial charge >= 0.3 is 29.8 Å². The highest BCUT2D eigenvalue weighted by Crippen LogP contribution is 2.34. The molecule has 0 aliphatic carbocycles. The van der Waals surface area contributed by atoms with Crippen molar-refractivity contribution in [3.8, 4) is 11.5 Å². The number of hydrogen-bond acceptors (Lipinski definition) is 12. The van der Waals surface area contributed by atoms with Gasteiger partial charge in [0.25, 0.3) is 0 Å². The van der Waals surface area contributed by atoms with Gasteiger partial charge < -0.3 is 33.2 Å². The van der Waals surface area contributed by atoms with Gasteiger partial charge in [-0.25, -0.2) is 0 Å². The molecule has 1 aliphatic rings. The second-order valence-corrected chi connectivity index (χ2v) is 7.23. The van der Waals surface area contributed by atoms with E-state index in [0.29, 0.717) is 0 Å². The van der Waals surface area contributed by atoms with Crippen molar-refractivity contribution in [3.63, 3.8) is 0 Å². The summed E-state index contributed by atoms with van der Waals surface area (Å²) in [5, 5.41) is 0. The maximum absolute atomic E-state index is 11.9. The van der Waals surface area contributed by atoms with Crippen molar-refractivity contribution in [2.24, 2.45) is 0 Å². The Kier molecular flexibility index (Phi) is 9.36. The van der Waals surface area contributed by atoms with Crippen molar-refractivity contribution in [1.29, 1.82) is 0 Å². The molecular weight excluding hydrogens is 456 g/mol. The Morgan fingerprint density at radius 3 is 1.76 bits per heavy atom. The zero-order valence-corrected chi connectivity index (χ0v) is 19.3. The first-order chi connectivity index (χ1) is 16.0. The molecule has 1 fully saturated rings. The Morgan fingerprint density at radius 2 is 1.24 bits per heavy atom. The molecule has 1 saturated heterocycles. The van der Waals surface area contributed by atoms with Crippen LogP contribution in [0.4, 0.5) is 0 Å². The van der Waals surface area contributed by atoms with Crippen LogP contribution in [0.15, 0.2) is 24.3 Å². The molecule has 2 rings (SSSR count). The minimum Gasteiger partial charge on any atom is -0.463 e. The minimum absolute atomic E-state index is 0.0404. The first-order valence-corrected chi connectivity index (χ1v) is 10.2. The zero-order chi connectivity index (χ0) is 25.4. The lowest BCUT2D eigenvalue weighted by atomic mass is 9.98. The molecule has 0 N–H and O–H groups in total. The summed E-state index contributed by atoms with van der Waals surface area (Å²) in [6.45, 7) is 5.30. The van der Waals surface area contributed by atoms with E-state index in [9.17, 15) is 24.0 Å². The summed E-state index contributed by atoms with van der Waals surface area (Å²) in [5.41, 5.74) is 0. The van der Waals surface area contributed by atoms with E-state index in [4.69, 9.17) is 33.2 Å². The lowest BCUT2D eigenvalue weighted by molar-refractivity contribution is -0.288. The summed E-state index contributed by atoms with van der Waals surface area (Å²) in [5.74, 6) is -3.47. The molecule has 0 aromatic heterocycles. The molecule has 12 nitrogen and oxygen atoms in total. The summed E-state index contributed by atoms with van der Waals surface area (Å²) in [4.78, 5) is 58.3. The van der Waals surface area contributed by atoms with Gasteiger partial charge in [-0.1, -0.05) is 12.1 Å². The number of hydrogen-bond donors (Lipinski definition) is 0. The molecule has 0 saturated carbocycles. The second kappa shape index (κ2) is 12.0. The summed E-state index contributed by atoms with van der Waals surface area (Å²) in [6.07, 6.45) is -6.73. The smallest absolute Gasteiger partial charge is 0.308 e. The van der Waals surface area contributed by atoms with E-state index >= 15 is 0 Å². The minimum atomic E-state index is -1.45. The van der Waals surface area contributed by atoms with E-state index in [0.717, 1.165) is 27.7 Å². The number of rotatable bonds is 8. The van der Waals surface area contributed by atoms with Gasteiger partial charge in [0, 0.05) is 34.6 Å². The molecule has 5 unspecified atom stereocenters. The summed E-state index contributed by atoms with van der Waals surface area (Å²) in [6, 6.07) is 6.11. The maximum Gasteiger partial charge on any atom is 0.308 e. The molecule has 1 aliphatic heterocycles. The normalized spacial score (nSPS) is 23.7.